The SMILES string of the molecule is CC#CC(=O)N1C2CCC1(c1nc(-c3ccc(C(=O)NC4=NC(C)CC(C(F)(F)F)=C4)cc3C)c3c(N)nccn13)CC2. The molecule has 3 aromatic rings. The Morgan fingerprint density at radius 3 is 2.63 bits per heavy atom. The van der Waals surface area contributed by atoms with Crippen molar-refractivity contribution in [1.82, 2.24) is 24.6 Å². The Kier molecular flexibility index (Phi) is 6.79. The van der Waals surface area contributed by atoms with Crippen LogP contribution in [0.4, 0.5) is 19.0 Å². The summed E-state index contributed by atoms with van der Waals surface area (Å²) in [5.74, 6) is 5.47. The zero-order valence-corrected chi connectivity index (χ0v) is 23.9. The lowest BCUT2D eigenvalue weighted by molar-refractivity contribution is -0.129. The van der Waals surface area contributed by atoms with E-state index in [9.17, 15) is 22.8 Å². The Balaban J connectivity index is 1.37. The molecule has 0 radical (unpaired) electrons. The normalized spacial score (nSPS) is 23.1. The fourth-order valence-corrected chi connectivity index (χ4v) is 6.76. The number of dihydropyridines is 1. The maximum Gasteiger partial charge on any atom is 0.412 e. The molecule has 0 aliphatic carbocycles. The number of hydrogen-bond donors (Lipinski definition) is 2. The molecule has 222 valence electrons. The molecule has 2 aromatic heterocycles. The second-order valence-corrected chi connectivity index (χ2v) is 11.3. The topological polar surface area (TPSA) is 118 Å². The van der Waals surface area contributed by atoms with E-state index < -0.39 is 29.2 Å². The van der Waals surface area contributed by atoms with Crippen LogP contribution in [0.2, 0.25) is 0 Å². The van der Waals surface area contributed by atoms with E-state index in [0.29, 0.717) is 28.2 Å². The fraction of sp³-hybridized carbons (Fsp3) is 0.387. The highest BCUT2D eigenvalue weighted by molar-refractivity contribution is 6.11. The van der Waals surface area contributed by atoms with E-state index in [-0.39, 0.29) is 35.6 Å². The maximum atomic E-state index is 13.3. The van der Waals surface area contributed by atoms with Gasteiger partial charge in [-0.3, -0.25) is 19.0 Å². The number of aromatic nitrogens is 3. The van der Waals surface area contributed by atoms with Crippen molar-refractivity contribution in [2.24, 2.45) is 4.99 Å². The van der Waals surface area contributed by atoms with Crippen LogP contribution < -0.4 is 11.1 Å². The summed E-state index contributed by atoms with van der Waals surface area (Å²) in [6.07, 6.45) is 2.74. The number of anilines is 1. The molecule has 6 rings (SSSR count). The second-order valence-electron chi connectivity index (χ2n) is 11.3. The predicted molar refractivity (Wildman–Crippen MR) is 155 cm³/mol. The Hall–Kier alpha value is -4.66. The van der Waals surface area contributed by atoms with Gasteiger partial charge >= 0.3 is 6.18 Å². The lowest BCUT2D eigenvalue weighted by Gasteiger charge is -2.32. The quantitative estimate of drug-likeness (QED) is 0.430. The minimum absolute atomic E-state index is 0.0988. The zero-order valence-electron chi connectivity index (χ0n) is 23.9. The summed E-state index contributed by atoms with van der Waals surface area (Å²) in [6.45, 7) is 5.03. The summed E-state index contributed by atoms with van der Waals surface area (Å²) in [4.78, 5) is 41.6. The van der Waals surface area contributed by atoms with Crippen LogP contribution in [-0.2, 0) is 10.3 Å². The summed E-state index contributed by atoms with van der Waals surface area (Å²) >= 11 is 0. The number of nitrogens with zero attached hydrogens (tertiary/aromatic N) is 5. The number of fused-ring (bicyclic) bond motifs is 3. The highest BCUT2D eigenvalue weighted by Gasteiger charge is 2.57. The van der Waals surface area contributed by atoms with Gasteiger partial charge in [0.2, 0.25) is 0 Å². The van der Waals surface area contributed by atoms with Gasteiger partial charge in [-0.2, -0.15) is 13.2 Å². The molecule has 2 bridgehead atoms. The summed E-state index contributed by atoms with van der Waals surface area (Å²) in [6, 6.07) is 4.46. The van der Waals surface area contributed by atoms with E-state index in [4.69, 9.17) is 10.7 Å². The molecule has 0 spiro atoms. The number of benzene rings is 1. The van der Waals surface area contributed by atoms with Crippen LogP contribution in [0.25, 0.3) is 16.8 Å². The number of nitrogens with one attached hydrogen (secondary N) is 1. The standard InChI is InChI=1S/C31H30F3N7O2/c1-4-5-24(42)41-21-8-10-30(41,11-9-21)29-39-25(26-27(35)36-12-13-40(26)29)22-7-6-19(14-17(22)2)28(43)38-23-16-20(31(32,33)34)15-18(3)37-23/h6-7,12-14,16,18,21H,8-11,15H2,1-3H3,(H2,35,36)(H,37,38,43). The average Bonchev–Trinajstić information content (AvgIpc) is 3.63. The molecular weight excluding hydrogens is 559 g/mol. The first-order valence-electron chi connectivity index (χ1n) is 14.1. The summed E-state index contributed by atoms with van der Waals surface area (Å²) in [5.41, 5.74) is 7.84. The zero-order chi connectivity index (χ0) is 30.7. The number of halogens is 3. The van der Waals surface area contributed by atoms with Crippen LogP contribution >= 0.6 is 0 Å². The number of aryl methyl sites for hydroxylation is 1. The van der Waals surface area contributed by atoms with Crippen LogP contribution in [0.15, 0.2) is 47.2 Å². The van der Waals surface area contributed by atoms with Crippen molar-refractivity contribution in [3.05, 3.63) is 59.2 Å². The lowest BCUT2D eigenvalue weighted by atomic mass is 9.87. The molecule has 12 heteroatoms. The molecule has 2 fully saturated rings. The van der Waals surface area contributed by atoms with Crippen molar-refractivity contribution >= 4 is 29.0 Å². The van der Waals surface area contributed by atoms with E-state index in [2.05, 4.69) is 27.1 Å². The van der Waals surface area contributed by atoms with Gasteiger partial charge in [-0.1, -0.05) is 12.0 Å². The first-order chi connectivity index (χ1) is 20.4. The number of nitrogens with two attached hydrogens (primary N) is 1. The first kappa shape index (κ1) is 28.5. The van der Waals surface area contributed by atoms with Crippen molar-refractivity contribution < 1.29 is 22.8 Å². The number of imidazole rings is 1. The molecule has 1 aromatic carbocycles. The van der Waals surface area contributed by atoms with Gasteiger partial charge in [-0.25, -0.2) is 9.97 Å². The lowest BCUT2D eigenvalue weighted by Crippen LogP contribution is -2.43. The summed E-state index contributed by atoms with van der Waals surface area (Å²) < 4.78 is 41.8. The minimum Gasteiger partial charge on any atom is -0.382 e. The molecule has 9 nitrogen and oxygen atoms in total. The van der Waals surface area contributed by atoms with E-state index in [1.54, 1.807) is 44.4 Å². The Labute approximate surface area is 246 Å². The van der Waals surface area contributed by atoms with Gasteiger partial charge in [0.25, 0.3) is 11.8 Å². The van der Waals surface area contributed by atoms with Gasteiger partial charge in [0, 0.05) is 35.1 Å². The molecule has 3 N–H and O–H groups in total. The van der Waals surface area contributed by atoms with Crippen LogP contribution in [0, 0.1) is 18.8 Å². The van der Waals surface area contributed by atoms with Crippen molar-refractivity contribution in [3.63, 3.8) is 0 Å². The summed E-state index contributed by atoms with van der Waals surface area (Å²) in [5, 5.41) is 2.51. The molecular formula is C31H30F3N7O2. The van der Waals surface area contributed by atoms with Crippen molar-refractivity contribution in [1.29, 1.82) is 0 Å². The Morgan fingerprint density at radius 1 is 1.21 bits per heavy atom. The van der Waals surface area contributed by atoms with Crippen LogP contribution in [0.3, 0.4) is 0 Å². The molecule has 0 saturated carbocycles. The first-order valence-corrected chi connectivity index (χ1v) is 14.1. The molecule has 2 saturated heterocycles. The number of carbonyl (C=O) groups is 2. The number of alkyl halides is 3. The average molecular weight is 590 g/mol. The number of amides is 2. The van der Waals surface area contributed by atoms with Crippen LogP contribution in [0.5, 0.6) is 0 Å². The number of nitrogen functional groups attached to an aromatic ring is 1. The van der Waals surface area contributed by atoms with Crippen molar-refractivity contribution in [2.45, 2.75) is 76.7 Å². The van der Waals surface area contributed by atoms with Gasteiger partial charge in [-0.15, -0.1) is 0 Å². The highest BCUT2D eigenvalue weighted by atomic mass is 19.4. The molecule has 5 heterocycles. The largest absolute Gasteiger partial charge is 0.412 e. The highest BCUT2D eigenvalue weighted by Crippen LogP contribution is 2.53. The van der Waals surface area contributed by atoms with Crippen molar-refractivity contribution in [3.8, 4) is 23.1 Å². The molecule has 3 aliphatic rings. The third kappa shape index (κ3) is 4.73. The second kappa shape index (κ2) is 10.3. The molecule has 2 amide bonds. The molecule has 1 unspecified atom stereocenters. The van der Waals surface area contributed by atoms with Gasteiger partial charge in [0.15, 0.2) is 0 Å². The molecule has 3 aliphatic heterocycles. The van der Waals surface area contributed by atoms with Crippen LogP contribution in [0.1, 0.15) is 67.7 Å². The van der Waals surface area contributed by atoms with Gasteiger partial charge in [-0.05, 0) is 82.6 Å². The van der Waals surface area contributed by atoms with E-state index >= 15 is 0 Å². The Morgan fingerprint density at radius 2 is 1.95 bits per heavy atom. The van der Waals surface area contributed by atoms with Crippen molar-refractivity contribution in [2.75, 3.05) is 5.73 Å². The van der Waals surface area contributed by atoms with Gasteiger partial charge < -0.3 is 16.0 Å². The Bertz CT molecular complexity index is 1790. The third-order valence-corrected chi connectivity index (χ3v) is 8.59. The predicted octanol–water partition coefficient (Wildman–Crippen LogP) is 4.70. The molecule has 43 heavy (non-hydrogen) atoms. The molecule has 1 atom stereocenters. The number of amidine groups is 1. The number of aliphatic imine (C=N–C) groups is 1. The monoisotopic (exact) mass is 589 g/mol. The van der Waals surface area contributed by atoms with E-state index in [0.717, 1.165) is 31.8 Å². The van der Waals surface area contributed by atoms with Crippen LogP contribution in [-0.4, -0.2) is 55.2 Å². The minimum atomic E-state index is -4.49. The van der Waals surface area contributed by atoms with E-state index in [1.807, 2.05) is 16.2 Å². The maximum absolute atomic E-state index is 13.3. The fourth-order valence-electron chi connectivity index (χ4n) is 6.76. The summed E-state index contributed by atoms with van der Waals surface area (Å²) in [7, 11) is 0. The van der Waals surface area contributed by atoms with Gasteiger partial charge in [0.05, 0.1) is 6.04 Å². The smallest absolute Gasteiger partial charge is 0.382 e. The third-order valence-electron chi connectivity index (χ3n) is 8.59. The number of carbonyl (C=O) groups excluding carboxylic acids is 2. The number of rotatable bonds is 3. The van der Waals surface area contributed by atoms with Gasteiger partial charge in [0.1, 0.15) is 34.2 Å². The number of hydrogen-bond acceptors (Lipinski definition) is 6. The van der Waals surface area contributed by atoms with E-state index in [1.165, 1.54) is 0 Å².